The topological polar surface area (TPSA) is 41.1 Å². The summed E-state index contributed by atoms with van der Waals surface area (Å²) in [6.45, 7) is 9.15. The maximum absolute atomic E-state index is 11.5. The van der Waals surface area contributed by atoms with Crippen molar-refractivity contribution >= 4 is 5.91 Å². The molecule has 186 valence electrons. The number of carbonyl (C=O) groups excluding carboxylic acids is 1. The lowest BCUT2D eigenvalue weighted by molar-refractivity contribution is -0.923. The first-order valence-corrected chi connectivity index (χ1v) is 13.8. The molecule has 1 amide bonds. The number of nitrogens with zero attached hydrogens (tertiary/aromatic N) is 1. The Labute approximate surface area is 199 Å². The van der Waals surface area contributed by atoms with Gasteiger partial charge in [0, 0.05) is 20.3 Å². The highest BCUT2D eigenvalue weighted by atomic mass is 16.1. The molecule has 1 aliphatic heterocycles. The summed E-state index contributed by atoms with van der Waals surface area (Å²) in [4.78, 5) is 11.5. The van der Waals surface area contributed by atoms with Crippen LogP contribution in [-0.4, -0.2) is 29.3 Å². The number of rotatable bonds is 20. The van der Waals surface area contributed by atoms with Crippen LogP contribution in [0.25, 0.3) is 0 Å². The number of amides is 1. The molecule has 4 nitrogen and oxygen atoms in total. The van der Waals surface area contributed by atoms with Crippen LogP contribution in [0.5, 0.6) is 0 Å². The molecule has 32 heavy (non-hydrogen) atoms. The SMILES string of the molecule is CC/C=C/CCCCCCCCCCCCCCCC1NC=C[N+]1(CC)C(C)NC(C)=O. The lowest BCUT2D eigenvalue weighted by atomic mass is 10.0. The van der Waals surface area contributed by atoms with E-state index < -0.39 is 0 Å². The Balaban J connectivity index is 1.97. The predicted molar refractivity (Wildman–Crippen MR) is 139 cm³/mol. The van der Waals surface area contributed by atoms with E-state index in [-0.39, 0.29) is 12.1 Å². The van der Waals surface area contributed by atoms with Crippen molar-refractivity contribution in [1.29, 1.82) is 0 Å². The highest BCUT2D eigenvalue weighted by Crippen LogP contribution is 2.26. The second kappa shape index (κ2) is 18.2. The van der Waals surface area contributed by atoms with Crippen molar-refractivity contribution in [2.24, 2.45) is 0 Å². The molecule has 0 aromatic heterocycles. The first kappa shape index (κ1) is 28.7. The van der Waals surface area contributed by atoms with Gasteiger partial charge in [0.15, 0.2) is 12.3 Å². The molecule has 0 bridgehead atoms. The number of hydrogen-bond acceptors (Lipinski definition) is 2. The minimum atomic E-state index is 0.0537. The van der Waals surface area contributed by atoms with Crippen LogP contribution in [0.1, 0.15) is 130 Å². The Morgan fingerprint density at radius 1 is 0.906 bits per heavy atom. The molecule has 0 fully saturated rings. The molecule has 3 unspecified atom stereocenters. The van der Waals surface area contributed by atoms with Crippen LogP contribution in [0.3, 0.4) is 0 Å². The van der Waals surface area contributed by atoms with E-state index >= 15 is 0 Å². The van der Waals surface area contributed by atoms with Crippen molar-refractivity contribution in [3.05, 3.63) is 24.6 Å². The van der Waals surface area contributed by atoms with Crippen LogP contribution in [0.2, 0.25) is 0 Å². The third-order valence-corrected chi connectivity index (χ3v) is 7.15. The van der Waals surface area contributed by atoms with Crippen molar-refractivity contribution < 1.29 is 9.28 Å². The summed E-state index contributed by atoms with van der Waals surface area (Å²) in [5.74, 6) is 0.0537. The van der Waals surface area contributed by atoms with E-state index in [0.29, 0.717) is 6.17 Å². The Morgan fingerprint density at radius 2 is 1.44 bits per heavy atom. The van der Waals surface area contributed by atoms with Gasteiger partial charge in [0.05, 0.1) is 12.7 Å². The first-order valence-electron chi connectivity index (χ1n) is 13.8. The van der Waals surface area contributed by atoms with Gasteiger partial charge in [-0.25, -0.2) is 0 Å². The van der Waals surface area contributed by atoms with Crippen molar-refractivity contribution in [3.63, 3.8) is 0 Å². The van der Waals surface area contributed by atoms with Crippen LogP contribution in [0.4, 0.5) is 0 Å². The van der Waals surface area contributed by atoms with Gasteiger partial charge in [-0.05, 0) is 32.6 Å². The van der Waals surface area contributed by atoms with Gasteiger partial charge in [-0.2, -0.15) is 0 Å². The van der Waals surface area contributed by atoms with Crippen LogP contribution in [0.15, 0.2) is 24.6 Å². The molecule has 1 heterocycles. The van der Waals surface area contributed by atoms with Gasteiger partial charge in [0.2, 0.25) is 5.91 Å². The minimum absolute atomic E-state index is 0.0537. The Hall–Kier alpha value is -1.29. The van der Waals surface area contributed by atoms with Gasteiger partial charge >= 0.3 is 0 Å². The van der Waals surface area contributed by atoms with E-state index in [9.17, 15) is 4.79 Å². The average Bonchev–Trinajstić information content (AvgIpc) is 3.19. The molecule has 0 saturated carbocycles. The second-order valence-electron chi connectivity index (χ2n) is 9.74. The molecule has 0 radical (unpaired) electrons. The summed E-state index contributed by atoms with van der Waals surface area (Å²) in [5.41, 5.74) is 0. The fourth-order valence-electron chi connectivity index (χ4n) is 5.10. The predicted octanol–water partition coefficient (Wildman–Crippen LogP) is 7.52. The van der Waals surface area contributed by atoms with Crippen LogP contribution >= 0.6 is 0 Å². The minimum Gasteiger partial charge on any atom is -0.338 e. The molecular formula is C28H54N3O+. The maximum Gasteiger partial charge on any atom is 0.221 e. The van der Waals surface area contributed by atoms with Gasteiger partial charge in [-0.1, -0.05) is 89.7 Å². The molecule has 3 atom stereocenters. The van der Waals surface area contributed by atoms with Crippen LogP contribution in [0, 0.1) is 0 Å². The monoisotopic (exact) mass is 448 g/mol. The van der Waals surface area contributed by atoms with E-state index in [4.69, 9.17) is 0 Å². The number of nitrogens with one attached hydrogen (secondary N) is 2. The Morgan fingerprint density at radius 3 is 1.94 bits per heavy atom. The summed E-state index contributed by atoms with van der Waals surface area (Å²) >= 11 is 0. The van der Waals surface area contributed by atoms with Crippen LogP contribution < -0.4 is 10.6 Å². The molecule has 2 N–H and O–H groups in total. The highest BCUT2D eigenvalue weighted by Gasteiger charge is 2.41. The summed E-state index contributed by atoms with van der Waals surface area (Å²) in [7, 11) is 0. The van der Waals surface area contributed by atoms with E-state index in [2.05, 4.69) is 56.0 Å². The van der Waals surface area contributed by atoms with Crippen LogP contribution in [-0.2, 0) is 4.79 Å². The van der Waals surface area contributed by atoms with Gasteiger partial charge in [0.25, 0.3) is 0 Å². The quantitative estimate of drug-likeness (QED) is 0.115. The third-order valence-electron chi connectivity index (χ3n) is 7.15. The van der Waals surface area contributed by atoms with Gasteiger partial charge in [-0.3, -0.25) is 9.28 Å². The van der Waals surface area contributed by atoms with Crippen molar-refractivity contribution in [3.8, 4) is 0 Å². The van der Waals surface area contributed by atoms with E-state index in [1.54, 1.807) is 6.92 Å². The molecule has 1 aliphatic rings. The zero-order chi connectivity index (χ0) is 23.5. The summed E-state index contributed by atoms with van der Waals surface area (Å²) in [6, 6.07) is 0. The zero-order valence-electron chi connectivity index (χ0n) is 21.8. The number of quaternary nitrogens is 1. The van der Waals surface area contributed by atoms with Crippen molar-refractivity contribution in [2.75, 3.05) is 6.54 Å². The molecule has 0 saturated heterocycles. The molecule has 0 aromatic carbocycles. The fourth-order valence-corrected chi connectivity index (χ4v) is 5.10. The lowest BCUT2D eigenvalue weighted by Crippen LogP contribution is -2.62. The van der Waals surface area contributed by atoms with Gasteiger partial charge < -0.3 is 10.6 Å². The fraction of sp³-hybridized carbons (Fsp3) is 0.821. The normalized spacial score (nSPS) is 21.2. The van der Waals surface area contributed by atoms with Crippen molar-refractivity contribution in [1.82, 2.24) is 10.6 Å². The summed E-state index contributed by atoms with van der Waals surface area (Å²) in [5, 5.41) is 6.65. The first-order chi connectivity index (χ1) is 15.6. The average molecular weight is 449 g/mol. The largest absolute Gasteiger partial charge is 0.338 e. The lowest BCUT2D eigenvalue weighted by Gasteiger charge is -2.41. The molecule has 1 rings (SSSR count). The third kappa shape index (κ3) is 11.5. The standard InChI is InChI=1S/C28H53N3O/c1-5-7-8-9-10-11-12-13-14-15-16-17-18-19-20-21-22-23-28-29-24-25-31(28,6-2)26(3)30-27(4)32/h7-8,24-26,28-29H,5-6,9-23H2,1-4H3/p+1/b8-7+. The number of unbranched alkanes of at least 4 members (excludes halogenated alkanes) is 13. The summed E-state index contributed by atoms with van der Waals surface area (Å²) < 4.78 is 0.815. The molecule has 4 heteroatoms. The van der Waals surface area contributed by atoms with Gasteiger partial charge in [0.1, 0.15) is 6.20 Å². The molecule has 0 aromatic rings. The number of hydrogen-bond donors (Lipinski definition) is 2. The molecule has 0 spiro atoms. The van der Waals surface area contributed by atoms with Gasteiger partial charge in [-0.15, -0.1) is 0 Å². The molecular weight excluding hydrogens is 394 g/mol. The summed E-state index contributed by atoms with van der Waals surface area (Å²) in [6.07, 6.45) is 31.1. The molecule has 0 aliphatic carbocycles. The Bertz CT molecular complexity index is 531. The number of allylic oxidation sites excluding steroid dienone is 2. The zero-order valence-corrected chi connectivity index (χ0v) is 21.8. The second-order valence-corrected chi connectivity index (χ2v) is 9.74. The smallest absolute Gasteiger partial charge is 0.221 e. The van der Waals surface area contributed by atoms with E-state index in [1.807, 2.05) is 0 Å². The Kier molecular flexibility index (Phi) is 16.3. The van der Waals surface area contributed by atoms with E-state index in [0.717, 1.165) is 11.0 Å². The van der Waals surface area contributed by atoms with Crippen molar-refractivity contribution in [2.45, 2.75) is 143 Å². The highest BCUT2D eigenvalue weighted by molar-refractivity contribution is 5.72. The maximum atomic E-state index is 11.5. The number of carbonyl (C=O) groups is 1. The van der Waals surface area contributed by atoms with E-state index in [1.165, 1.54) is 103 Å².